The van der Waals surface area contributed by atoms with Crippen molar-refractivity contribution in [3.63, 3.8) is 0 Å². The number of halogens is 1. The summed E-state index contributed by atoms with van der Waals surface area (Å²) >= 11 is 6.73. The van der Waals surface area contributed by atoms with Gasteiger partial charge in [0.15, 0.2) is 29.5 Å². The van der Waals surface area contributed by atoms with Crippen molar-refractivity contribution in [2.24, 2.45) is 10.8 Å². The van der Waals surface area contributed by atoms with E-state index in [9.17, 15) is 19.2 Å². The first-order chi connectivity index (χ1) is 18.6. The van der Waals surface area contributed by atoms with Crippen LogP contribution >= 0.6 is 11.6 Å². The number of hydrogen-bond acceptors (Lipinski definition) is 9. The number of carbonyl (C=O) groups is 4. The van der Waals surface area contributed by atoms with E-state index >= 15 is 0 Å². The number of benzene rings is 2. The van der Waals surface area contributed by atoms with Gasteiger partial charge in [-0.25, -0.2) is 0 Å². The Morgan fingerprint density at radius 2 is 1.62 bits per heavy atom. The predicted octanol–water partition coefficient (Wildman–Crippen LogP) is 4.78. The van der Waals surface area contributed by atoms with Gasteiger partial charge in [0, 0.05) is 16.7 Å². The summed E-state index contributed by atoms with van der Waals surface area (Å²) in [6.45, 7) is 10.2. The van der Waals surface area contributed by atoms with Crippen LogP contribution in [-0.2, 0) is 30.5 Å². The fourth-order valence-corrected chi connectivity index (χ4v) is 5.96. The van der Waals surface area contributed by atoms with Crippen LogP contribution in [0.1, 0.15) is 78.9 Å². The van der Waals surface area contributed by atoms with Crippen LogP contribution in [0.3, 0.4) is 0 Å². The number of ether oxygens (including phenoxy) is 5. The Labute approximate surface area is 234 Å². The normalized spacial score (nSPS) is 28.3. The zero-order valence-corrected chi connectivity index (χ0v) is 23.3. The molecule has 5 aliphatic rings. The van der Waals surface area contributed by atoms with Gasteiger partial charge in [0.1, 0.15) is 17.1 Å². The first-order valence-electron chi connectivity index (χ1n) is 12.9. The van der Waals surface area contributed by atoms with Crippen molar-refractivity contribution in [2.75, 3.05) is 0 Å². The molecule has 9 nitrogen and oxygen atoms in total. The highest BCUT2D eigenvalue weighted by atomic mass is 35.5. The van der Waals surface area contributed by atoms with E-state index in [0.29, 0.717) is 22.4 Å². The van der Waals surface area contributed by atoms with E-state index in [4.69, 9.17) is 35.3 Å². The summed E-state index contributed by atoms with van der Waals surface area (Å²) in [6.07, 6.45) is 1.29. The van der Waals surface area contributed by atoms with Gasteiger partial charge in [-0.05, 0) is 71.9 Å². The number of esters is 2. The van der Waals surface area contributed by atoms with Gasteiger partial charge in [0.05, 0.1) is 27.0 Å². The monoisotopic (exact) mass is 564 g/mol. The topological polar surface area (TPSA) is 118 Å². The molecule has 3 heterocycles. The van der Waals surface area contributed by atoms with Crippen LogP contribution in [0.25, 0.3) is 0 Å². The standard InChI is InChI=1S/C30H25ClO9/c1-27(2,3)25(34)36-15-7-8-16-20-17(15)14(32)9-10-29(20)12-11-13(31)22(38-26(35)28(4,5)6)18-19(12)30(39-16,40-29)24-23(37-24)21(18)33/h7-11,23-24H,1-6H3/t23-,24-,29+,30+/m1/s1. The molecule has 1 saturated heterocycles. The summed E-state index contributed by atoms with van der Waals surface area (Å²) in [5.74, 6) is -3.18. The second kappa shape index (κ2) is 7.40. The molecule has 0 unspecified atom stereocenters. The summed E-state index contributed by atoms with van der Waals surface area (Å²) in [5, 5.41) is 0.0168. The maximum Gasteiger partial charge on any atom is 0.316 e. The van der Waals surface area contributed by atoms with Crippen LogP contribution < -0.4 is 14.2 Å². The van der Waals surface area contributed by atoms with Crippen molar-refractivity contribution in [2.45, 2.75) is 65.1 Å². The average Bonchev–Trinajstić information content (AvgIpc) is 3.64. The van der Waals surface area contributed by atoms with Gasteiger partial charge in [0.2, 0.25) is 0 Å². The number of Topliss-reactive ketones (excluding diaryl/α,β-unsaturated/α-hetero) is 1. The van der Waals surface area contributed by atoms with Crippen LogP contribution in [-0.4, -0.2) is 35.7 Å². The molecule has 2 spiro atoms. The highest BCUT2D eigenvalue weighted by Gasteiger charge is 2.76. The molecule has 2 aromatic rings. The minimum absolute atomic E-state index is 0.0168. The van der Waals surface area contributed by atoms with Crippen molar-refractivity contribution in [1.82, 2.24) is 0 Å². The molecule has 0 amide bonds. The van der Waals surface area contributed by atoms with E-state index in [-0.39, 0.29) is 27.6 Å². The second-order valence-electron chi connectivity index (χ2n) is 12.7. The van der Waals surface area contributed by atoms with Gasteiger partial charge < -0.3 is 23.7 Å². The summed E-state index contributed by atoms with van der Waals surface area (Å²) < 4.78 is 30.4. The third-order valence-corrected chi connectivity index (χ3v) is 8.05. The maximum absolute atomic E-state index is 13.6. The van der Waals surface area contributed by atoms with Gasteiger partial charge in [-0.3, -0.25) is 19.2 Å². The molecule has 2 aromatic carbocycles. The zero-order valence-electron chi connectivity index (χ0n) is 22.6. The van der Waals surface area contributed by atoms with Gasteiger partial charge in [-0.2, -0.15) is 0 Å². The molecular formula is C30H25ClO9. The summed E-state index contributed by atoms with van der Waals surface area (Å²) in [4.78, 5) is 52.6. The Bertz CT molecular complexity index is 1660. The lowest BCUT2D eigenvalue weighted by molar-refractivity contribution is -0.245. The molecule has 0 radical (unpaired) electrons. The first kappa shape index (κ1) is 25.4. The van der Waals surface area contributed by atoms with Crippen LogP contribution in [0.15, 0.2) is 30.4 Å². The summed E-state index contributed by atoms with van der Waals surface area (Å²) in [6, 6.07) is 4.69. The molecule has 4 atom stereocenters. The van der Waals surface area contributed by atoms with Crippen molar-refractivity contribution < 1.29 is 42.9 Å². The van der Waals surface area contributed by atoms with Gasteiger partial charge >= 0.3 is 11.9 Å². The van der Waals surface area contributed by atoms with Gasteiger partial charge in [0.25, 0.3) is 5.79 Å². The minimum Gasteiger partial charge on any atom is -0.454 e. The number of carbonyl (C=O) groups excluding carboxylic acids is 4. The number of epoxide rings is 1. The van der Waals surface area contributed by atoms with Crippen LogP contribution in [0, 0.1) is 10.8 Å². The van der Waals surface area contributed by atoms with E-state index < -0.39 is 57.9 Å². The highest BCUT2D eigenvalue weighted by molar-refractivity contribution is 6.33. The third-order valence-electron chi connectivity index (χ3n) is 7.77. The van der Waals surface area contributed by atoms with Gasteiger partial charge in [-0.1, -0.05) is 11.6 Å². The SMILES string of the molecule is CC(C)(C)C(=O)Oc1ccc2c3c1C(=O)C=C[C@@]31O[C@@]3(O2)c2c1cc(Cl)c(OC(=O)C(C)(C)C)c2C(=O)[C@H]1O[C@H]13. The smallest absolute Gasteiger partial charge is 0.316 e. The average molecular weight is 565 g/mol. The zero-order chi connectivity index (χ0) is 28.7. The van der Waals surface area contributed by atoms with Crippen LogP contribution in [0.4, 0.5) is 0 Å². The number of fused-ring (bicyclic) bond motifs is 1. The number of hydrogen-bond donors (Lipinski definition) is 0. The summed E-state index contributed by atoms with van der Waals surface area (Å²) in [7, 11) is 0. The summed E-state index contributed by atoms with van der Waals surface area (Å²) in [5.41, 5.74) is -1.82. The highest BCUT2D eigenvalue weighted by Crippen LogP contribution is 2.68. The molecular weight excluding hydrogens is 540 g/mol. The maximum atomic E-state index is 13.6. The third kappa shape index (κ3) is 3.05. The Hall–Kier alpha value is -3.53. The predicted molar refractivity (Wildman–Crippen MR) is 139 cm³/mol. The molecule has 2 bridgehead atoms. The van der Waals surface area contributed by atoms with E-state index in [0.717, 1.165) is 0 Å². The Morgan fingerprint density at radius 1 is 0.950 bits per heavy atom. The number of allylic oxidation sites excluding steroid dienone is 1. The van der Waals surface area contributed by atoms with Crippen LogP contribution in [0.2, 0.25) is 5.02 Å². The molecule has 0 N–H and O–H groups in total. The Kier molecular flexibility index (Phi) is 4.71. The molecule has 1 fully saturated rings. The fraction of sp³-hybridized carbons (Fsp3) is 0.400. The van der Waals surface area contributed by atoms with Crippen LogP contribution in [0.5, 0.6) is 17.2 Å². The van der Waals surface area contributed by atoms with Gasteiger partial charge in [-0.15, -0.1) is 0 Å². The van der Waals surface area contributed by atoms with Crippen molar-refractivity contribution >= 4 is 35.1 Å². The van der Waals surface area contributed by atoms with Crippen molar-refractivity contribution in [3.05, 3.63) is 63.2 Å². The molecule has 7 rings (SSSR count). The Morgan fingerprint density at radius 3 is 2.30 bits per heavy atom. The molecule has 40 heavy (non-hydrogen) atoms. The molecule has 0 aromatic heterocycles. The largest absolute Gasteiger partial charge is 0.454 e. The Balaban J connectivity index is 1.49. The molecule has 206 valence electrons. The van der Waals surface area contributed by atoms with E-state index in [1.54, 1.807) is 59.8 Å². The molecule has 10 heteroatoms. The van der Waals surface area contributed by atoms with Crippen molar-refractivity contribution in [3.8, 4) is 17.2 Å². The van der Waals surface area contributed by atoms with Crippen molar-refractivity contribution in [1.29, 1.82) is 0 Å². The molecule has 3 aliphatic heterocycles. The first-order valence-corrected chi connectivity index (χ1v) is 13.3. The lowest BCUT2D eigenvalue weighted by atomic mass is 9.76. The fourth-order valence-electron chi connectivity index (χ4n) is 5.72. The van der Waals surface area contributed by atoms with E-state index in [1.807, 2.05) is 0 Å². The lowest BCUT2D eigenvalue weighted by Gasteiger charge is -2.42. The second-order valence-corrected chi connectivity index (χ2v) is 13.1. The number of rotatable bonds is 2. The van der Waals surface area contributed by atoms with E-state index in [2.05, 4.69) is 0 Å². The molecule has 0 saturated carbocycles. The quantitative estimate of drug-likeness (QED) is 0.288. The minimum atomic E-state index is -1.56. The number of ketones is 2. The lowest BCUT2D eigenvalue weighted by Crippen LogP contribution is -2.50. The van der Waals surface area contributed by atoms with E-state index in [1.165, 1.54) is 12.1 Å². The molecule has 2 aliphatic carbocycles.